The van der Waals surface area contributed by atoms with Crippen molar-refractivity contribution < 1.29 is 23.5 Å². The van der Waals surface area contributed by atoms with Crippen molar-refractivity contribution in [2.45, 2.75) is 52.7 Å². The molecule has 2 aromatic heterocycles. The maximum absolute atomic E-state index is 13.5. The minimum Gasteiger partial charge on any atom is -0.443 e. The summed E-state index contributed by atoms with van der Waals surface area (Å²) in [6.45, 7) is 9.87. The number of hydrogen-bond acceptors (Lipinski definition) is 7. The second-order valence-corrected chi connectivity index (χ2v) is 8.26. The molecule has 2 amide bonds. The standard InChI is InChI=1S/C21H23FN4O4/c1-8-15-17(24-12-16(25-15)13-9-14(22)11-23-10-13)26(18(27)29-20(2,3)4)19(28)30-21(5,6)7/h1,9-12H,2-7H3. The number of terminal acetylenes is 1. The third kappa shape index (κ3) is 5.98. The fourth-order valence-corrected chi connectivity index (χ4v) is 2.20. The number of ether oxygens (including phenoxy) is 2. The number of carbonyl (C=O) groups is 2. The highest BCUT2D eigenvalue weighted by Gasteiger charge is 2.35. The van der Waals surface area contributed by atoms with Crippen LogP contribution in [0, 0.1) is 18.2 Å². The van der Waals surface area contributed by atoms with E-state index in [2.05, 4.69) is 20.9 Å². The third-order valence-electron chi connectivity index (χ3n) is 3.25. The molecule has 0 aliphatic heterocycles. The van der Waals surface area contributed by atoms with Gasteiger partial charge in [0, 0.05) is 11.8 Å². The molecule has 0 unspecified atom stereocenters. The van der Waals surface area contributed by atoms with E-state index < -0.39 is 29.2 Å². The number of amides is 2. The summed E-state index contributed by atoms with van der Waals surface area (Å²) in [5.74, 6) is 1.48. The quantitative estimate of drug-likeness (QED) is 0.675. The summed E-state index contributed by atoms with van der Waals surface area (Å²) in [5.41, 5.74) is -1.38. The van der Waals surface area contributed by atoms with Crippen LogP contribution >= 0.6 is 0 Å². The molecule has 0 aromatic carbocycles. The lowest BCUT2D eigenvalue weighted by atomic mass is 10.2. The predicted octanol–water partition coefficient (Wildman–Crippen LogP) is 4.34. The maximum Gasteiger partial charge on any atom is 0.425 e. The topological polar surface area (TPSA) is 94.5 Å². The summed E-state index contributed by atoms with van der Waals surface area (Å²) in [4.78, 5) is 38.2. The molecule has 0 bridgehead atoms. The normalized spacial score (nSPS) is 11.4. The van der Waals surface area contributed by atoms with Gasteiger partial charge in [0.2, 0.25) is 0 Å². The molecule has 2 rings (SSSR count). The zero-order valence-electron chi connectivity index (χ0n) is 17.7. The monoisotopic (exact) mass is 414 g/mol. The molecule has 0 radical (unpaired) electrons. The Labute approximate surface area is 174 Å². The molecule has 8 nitrogen and oxygen atoms in total. The van der Waals surface area contributed by atoms with E-state index in [4.69, 9.17) is 15.9 Å². The number of hydrogen-bond donors (Lipinski definition) is 0. The van der Waals surface area contributed by atoms with Crippen LogP contribution in [0.15, 0.2) is 24.7 Å². The van der Waals surface area contributed by atoms with E-state index in [0.717, 1.165) is 6.20 Å². The second-order valence-electron chi connectivity index (χ2n) is 8.26. The average molecular weight is 414 g/mol. The Morgan fingerprint density at radius 3 is 2.07 bits per heavy atom. The summed E-state index contributed by atoms with van der Waals surface area (Å²) >= 11 is 0. The van der Waals surface area contributed by atoms with Gasteiger partial charge in [-0.15, -0.1) is 6.42 Å². The Bertz CT molecular complexity index is 975. The van der Waals surface area contributed by atoms with E-state index in [0.29, 0.717) is 10.5 Å². The first-order chi connectivity index (χ1) is 13.8. The van der Waals surface area contributed by atoms with E-state index in [-0.39, 0.29) is 17.2 Å². The fourth-order valence-electron chi connectivity index (χ4n) is 2.20. The summed E-state index contributed by atoms with van der Waals surface area (Å²) < 4.78 is 24.1. The van der Waals surface area contributed by atoms with Crippen LogP contribution in [-0.4, -0.2) is 38.3 Å². The molecule has 2 aromatic rings. The van der Waals surface area contributed by atoms with E-state index >= 15 is 0 Å². The van der Waals surface area contributed by atoms with Crippen LogP contribution < -0.4 is 4.90 Å². The Hall–Kier alpha value is -3.54. The van der Waals surface area contributed by atoms with Gasteiger partial charge in [-0.05, 0) is 53.5 Å². The molecule has 2 heterocycles. The van der Waals surface area contributed by atoms with Crippen molar-refractivity contribution in [3.8, 4) is 23.6 Å². The van der Waals surface area contributed by atoms with Crippen molar-refractivity contribution in [3.05, 3.63) is 36.2 Å². The molecule has 0 spiro atoms. The van der Waals surface area contributed by atoms with Crippen LogP contribution in [0.25, 0.3) is 11.3 Å². The number of halogens is 1. The first-order valence-corrected chi connectivity index (χ1v) is 9.01. The number of imide groups is 1. The van der Waals surface area contributed by atoms with Gasteiger partial charge >= 0.3 is 12.2 Å². The Morgan fingerprint density at radius 1 is 1.03 bits per heavy atom. The number of anilines is 1. The lowest BCUT2D eigenvalue weighted by Crippen LogP contribution is -2.44. The smallest absolute Gasteiger partial charge is 0.425 e. The Balaban J connectivity index is 2.55. The van der Waals surface area contributed by atoms with E-state index in [1.807, 2.05) is 0 Å². The van der Waals surface area contributed by atoms with Crippen LogP contribution in [0.1, 0.15) is 47.2 Å². The summed E-state index contributed by atoms with van der Waals surface area (Å²) in [5, 5.41) is 0. The van der Waals surface area contributed by atoms with Crippen LogP contribution in [-0.2, 0) is 9.47 Å². The molecule has 0 fully saturated rings. The van der Waals surface area contributed by atoms with Gasteiger partial charge < -0.3 is 9.47 Å². The molecule has 0 N–H and O–H groups in total. The summed E-state index contributed by atoms with van der Waals surface area (Å²) in [6.07, 6.45) is 7.16. The first kappa shape index (κ1) is 22.7. The fraction of sp³-hybridized carbons (Fsp3) is 0.381. The van der Waals surface area contributed by atoms with Gasteiger partial charge in [-0.1, -0.05) is 0 Å². The third-order valence-corrected chi connectivity index (χ3v) is 3.25. The van der Waals surface area contributed by atoms with Gasteiger partial charge in [0.1, 0.15) is 17.0 Å². The predicted molar refractivity (Wildman–Crippen MR) is 108 cm³/mol. The highest BCUT2D eigenvalue weighted by Crippen LogP contribution is 2.25. The lowest BCUT2D eigenvalue weighted by molar-refractivity contribution is 0.0428. The van der Waals surface area contributed by atoms with Gasteiger partial charge in [0.15, 0.2) is 11.5 Å². The van der Waals surface area contributed by atoms with Gasteiger partial charge in [-0.3, -0.25) is 4.98 Å². The SMILES string of the molecule is C#Cc1nc(-c2cncc(F)c2)cnc1N(C(=O)OC(C)(C)C)C(=O)OC(C)(C)C. The molecule has 0 saturated carbocycles. The molecular weight excluding hydrogens is 391 g/mol. The van der Waals surface area contributed by atoms with E-state index in [9.17, 15) is 14.0 Å². The molecule has 158 valence electrons. The highest BCUT2D eigenvalue weighted by molar-refractivity contribution is 6.09. The van der Waals surface area contributed by atoms with Crippen molar-refractivity contribution in [1.82, 2.24) is 15.0 Å². The summed E-state index contributed by atoms with van der Waals surface area (Å²) in [6, 6.07) is 1.20. The molecule has 9 heteroatoms. The van der Waals surface area contributed by atoms with Crippen molar-refractivity contribution in [3.63, 3.8) is 0 Å². The van der Waals surface area contributed by atoms with E-state index in [1.54, 1.807) is 41.5 Å². The molecule has 0 aliphatic carbocycles. The zero-order chi connectivity index (χ0) is 22.7. The second kappa shape index (κ2) is 8.45. The zero-order valence-corrected chi connectivity index (χ0v) is 17.7. The summed E-state index contributed by atoms with van der Waals surface area (Å²) in [7, 11) is 0. The van der Waals surface area contributed by atoms with Crippen LogP contribution in [0.3, 0.4) is 0 Å². The van der Waals surface area contributed by atoms with Gasteiger partial charge in [0.05, 0.1) is 18.1 Å². The van der Waals surface area contributed by atoms with Gasteiger partial charge in [-0.2, -0.15) is 4.90 Å². The van der Waals surface area contributed by atoms with Gasteiger partial charge in [0.25, 0.3) is 0 Å². The molecule has 0 atom stereocenters. The van der Waals surface area contributed by atoms with Crippen molar-refractivity contribution in [2.75, 3.05) is 4.90 Å². The highest BCUT2D eigenvalue weighted by atomic mass is 19.1. The minimum absolute atomic E-state index is 0.131. The van der Waals surface area contributed by atoms with E-state index in [1.165, 1.54) is 18.5 Å². The molecular formula is C21H23FN4O4. The Kier molecular flexibility index (Phi) is 6.41. The number of aromatic nitrogens is 3. The number of nitrogens with zero attached hydrogens (tertiary/aromatic N) is 4. The molecule has 0 saturated heterocycles. The molecule has 0 aliphatic rings. The maximum atomic E-state index is 13.5. The van der Waals surface area contributed by atoms with Crippen LogP contribution in [0.4, 0.5) is 19.8 Å². The van der Waals surface area contributed by atoms with Crippen LogP contribution in [0.5, 0.6) is 0 Å². The molecule has 30 heavy (non-hydrogen) atoms. The van der Waals surface area contributed by atoms with Gasteiger partial charge in [-0.25, -0.2) is 23.9 Å². The van der Waals surface area contributed by atoms with Crippen molar-refractivity contribution in [1.29, 1.82) is 0 Å². The number of pyridine rings is 1. The lowest BCUT2D eigenvalue weighted by Gasteiger charge is -2.28. The minimum atomic E-state index is -1.03. The average Bonchev–Trinajstić information content (AvgIpc) is 2.59. The largest absolute Gasteiger partial charge is 0.443 e. The van der Waals surface area contributed by atoms with Crippen molar-refractivity contribution in [2.24, 2.45) is 0 Å². The van der Waals surface area contributed by atoms with Crippen molar-refractivity contribution >= 4 is 18.0 Å². The first-order valence-electron chi connectivity index (χ1n) is 9.01. The van der Waals surface area contributed by atoms with Crippen LogP contribution in [0.2, 0.25) is 0 Å². The number of carbonyl (C=O) groups excluding carboxylic acids is 2. The number of rotatable bonds is 2. The Morgan fingerprint density at radius 2 is 1.60 bits per heavy atom.